The third-order valence-electron chi connectivity index (χ3n) is 11.6. The molecule has 1 amide bonds. The van der Waals surface area contributed by atoms with Crippen LogP contribution < -0.4 is 5.32 Å². The lowest BCUT2D eigenvalue weighted by Gasteiger charge is -2.59. The molecule has 2 N–H and O–H groups in total. The van der Waals surface area contributed by atoms with Gasteiger partial charge in [0.1, 0.15) is 5.60 Å². The third kappa shape index (κ3) is 5.20. The highest BCUT2D eigenvalue weighted by Crippen LogP contribution is 2.67. The van der Waals surface area contributed by atoms with Gasteiger partial charge in [0.05, 0.1) is 0 Å². The van der Waals surface area contributed by atoms with Crippen molar-refractivity contribution in [2.45, 2.75) is 111 Å². The van der Waals surface area contributed by atoms with Gasteiger partial charge < -0.3 is 15.3 Å². The number of rotatable bonds is 9. The molecule has 4 aliphatic carbocycles. The molecule has 0 aromatic rings. The summed E-state index contributed by atoms with van der Waals surface area (Å²) in [7, 11) is 4.01. The summed E-state index contributed by atoms with van der Waals surface area (Å²) >= 11 is 0. The topological polar surface area (TPSA) is 52.6 Å². The lowest BCUT2D eigenvalue weighted by atomic mass is 9.46. The minimum atomic E-state index is -1.24. The number of allylic oxidation sites excluding steroid dienone is 1. The predicted octanol–water partition coefficient (Wildman–Crippen LogP) is 6.44. The molecular formula is C32H56N2O2. The molecule has 206 valence electrons. The first kappa shape index (κ1) is 28.1. The zero-order valence-corrected chi connectivity index (χ0v) is 24.5. The summed E-state index contributed by atoms with van der Waals surface area (Å²) in [5.41, 5.74) is 0.793. The summed E-state index contributed by atoms with van der Waals surface area (Å²) in [6.07, 6.45) is 15.4. The van der Waals surface area contributed by atoms with Crippen LogP contribution in [0.15, 0.2) is 11.6 Å². The third-order valence-corrected chi connectivity index (χ3v) is 11.6. The second-order valence-electron chi connectivity index (χ2n) is 14.6. The standard InChI is InChI=1S/C32H56N2O2/c1-22(2)9-8-10-23(3)26-13-14-27-25-12-11-24-21-32(36,29(35)33-19-20-34(6)7)18-17-30(24,4)28(25)15-16-31(26,27)5/h11,22-23,25-28,36H,8-10,12-21H2,1-7H3,(H,33,35)/t23-,25+,26-,27+,28+,30+,31-,32?/m1/s1. The van der Waals surface area contributed by atoms with E-state index in [0.717, 1.165) is 49.0 Å². The number of amides is 1. The normalized spacial score (nSPS) is 40.9. The molecule has 0 spiro atoms. The van der Waals surface area contributed by atoms with E-state index in [4.69, 9.17) is 0 Å². The van der Waals surface area contributed by atoms with E-state index in [1.165, 1.54) is 50.5 Å². The quantitative estimate of drug-likeness (QED) is 0.358. The van der Waals surface area contributed by atoms with Gasteiger partial charge in [0, 0.05) is 19.5 Å². The molecule has 0 aliphatic heterocycles. The fraction of sp³-hybridized carbons (Fsp3) is 0.906. The Labute approximate surface area is 222 Å². The van der Waals surface area contributed by atoms with Gasteiger partial charge in [-0.25, -0.2) is 0 Å². The molecule has 4 rings (SSSR count). The fourth-order valence-electron chi connectivity index (χ4n) is 9.42. The van der Waals surface area contributed by atoms with E-state index >= 15 is 0 Å². The number of carbonyl (C=O) groups is 1. The highest BCUT2D eigenvalue weighted by Gasteiger charge is 2.60. The second kappa shape index (κ2) is 10.7. The number of carbonyl (C=O) groups excluding carboxylic acids is 1. The maximum Gasteiger partial charge on any atom is 0.252 e. The fourth-order valence-corrected chi connectivity index (χ4v) is 9.42. The average Bonchev–Trinajstić information content (AvgIpc) is 3.16. The molecule has 3 fully saturated rings. The molecule has 1 unspecified atom stereocenters. The Hall–Kier alpha value is -0.870. The number of hydrogen-bond donors (Lipinski definition) is 2. The van der Waals surface area contributed by atoms with E-state index in [-0.39, 0.29) is 11.3 Å². The van der Waals surface area contributed by atoms with Crippen molar-refractivity contribution in [3.8, 4) is 0 Å². The van der Waals surface area contributed by atoms with Gasteiger partial charge in [-0.3, -0.25) is 4.79 Å². The van der Waals surface area contributed by atoms with Crippen LogP contribution in [0.4, 0.5) is 0 Å². The van der Waals surface area contributed by atoms with Crippen LogP contribution in [0.1, 0.15) is 105 Å². The Morgan fingerprint density at radius 3 is 2.53 bits per heavy atom. The number of nitrogens with one attached hydrogen (secondary N) is 1. The van der Waals surface area contributed by atoms with Crippen LogP contribution in [0.3, 0.4) is 0 Å². The SMILES string of the molecule is CC(C)CCC[C@@H](C)[C@H]1CC[C@H]2[C@@H]3CC=C4CC(O)(C(=O)NCCN(C)C)CC[C@]4(C)[C@H]3CC[C@]12C. The van der Waals surface area contributed by atoms with E-state index < -0.39 is 5.60 Å². The van der Waals surface area contributed by atoms with Crippen LogP contribution in [0, 0.1) is 46.3 Å². The Balaban J connectivity index is 1.44. The number of hydrogen-bond acceptors (Lipinski definition) is 3. The van der Waals surface area contributed by atoms with Crippen LogP contribution in [0.2, 0.25) is 0 Å². The molecular weight excluding hydrogens is 444 g/mol. The summed E-state index contributed by atoms with van der Waals surface area (Å²) in [5.74, 6) is 4.72. The van der Waals surface area contributed by atoms with Crippen molar-refractivity contribution in [3.05, 3.63) is 11.6 Å². The van der Waals surface area contributed by atoms with E-state index in [0.29, 0.717) is 30.7 Å². The van der Waals surface area contributed by atoms with E-state index in [1.807, 2.05) is 14.1 Å². The minimum absolute atomic E-state index is 0.154. The molecule has 0 heterocycles. The zero-order chi connectivity index (χ0) is 26.3. The van der Waals surface area contributed by atoms with Crippen LogP contribution in [-0.2, 0) is 4.79 Å². The maximum atomic E-state index is 13.0. The molecule has 0 radical (unpaired) electrons. The van der Waals surface area contributed by atoms with E-state index in [1.54, 1.807) is 0 Å². The van der Waals surface area contributed by atoms with Gasteiger partial charge in [0.15, 0.2) is 0 Å². The molecule has 0 aromatic carbocycles. The molecule has 4 aliphatic rings. The molecule has 36 heavy (non-hydrogen) atoms. The predicted molar refractivity (Wildman–Crippen MR) is 150 cm³/mol. The summed E-state index contributed by atoms with van der Waals surface area (Å²) < 4.78 is 0. The van der Waals surface area contributed by atoms with Gasteiger partial charge in [-0.15, -0.1) is 0 Å². The van der Waals surface area contributed by atoms with Crippen molar-refractivity contribution in [2.75, 3.05) is 27.2 Å². The highest BCUT2D eigenvalue weighted by molar-refractivity contribution is 5.85. The molecule has 8 atom stereocenters. The molecule has 4 heteroatoms. The second-order valence-corrected chi connectivity index (χ2v) is 14.6. The molecule has 3 saturated carbocycles. The van der Waals surface area contributed by atoms with Crippen molar-refractivity contribution in [2.24, 2.45) is 46.3 Å². The van der Waals surface area contributed by atoms with E-state index in [9.17, 15) is 9.90 Å². The number of likely N-dealkylation sites (N-methyl/N-ethyl adjacent to an activating group) is 1. The lowest BCUT2D eigenvalue weighted by molar-refractivity contribution is -0.145. The Kier molecular flexibility index (Phi) is 8.38. The average molecular weight is 501 g/mol. The van der Waals surface area contributed by atoms with Crippen molar-refractivity contribution in [1.29, 1.82) is 0 Å². The molecule has 0 saturated heterocycles. The van der Waals surface area contributed by atoms with Crippen LogP contribution in [0.5, 0.6) is 0 Å². The van der Waals surface area contributed by atoms with Gasteiger partial charge in [-0.1, -0.05) is 65.5 Å². The summed E-state index contributed by atoms with van der Waals surface area (Å²) in [5, 5.41) is 14.4. The van der Waals surface area contributed by atoms with Crippen molar-refractivity contribution < 1.29 is 9.90 Å². The largest absolute Gasteiger partial charge is 0.380 e. The van der Waals surface area contributed by atoms with Gasteiger partial charge in [-0.2, -0.15) is 0 Å². The molecule has 4 nitrogen and oxygen atoms in total. The van der Waals surface area contributed by atoms with Gasteiger partial charge in [0.25, 0.3) is 5.91 Å². The van der Waals surface area contributed by atoms with Crippen LogP contribution in [-0.4, -0.2) is 48.7 Å². The summed E-state index contributed by atoms with van der Waals surface area (Å²) in [6, 6.07) is 0. The monoisotopic (exact) mass is 500 g/mol. The number of fused-ring (bicyclic) bond motifs is 5. The zero-order valence-electron chi connectivity index (χ0n) is 24.5. The Morgan fingerprint density at radius 2 is 1.83 bits per heavy atom. The Morgan fingerprint density at radius 1 is 1.08 bits per heavy atom. The van der Waals surface area contributed by atoms with Crippen molar-refractivity contribution >= 4 is 5.91 Å². The maximum absolute atomic E-state index is 13.0. The van der Waals surface area contributed by atoms with E-state index in [2.05, 4.69) is 50.9 Å². The van der Waals surface area contributed by atoms with Crippen molar-refractivity contribution in [1.82, 2.24) is 10.2 Å². The number of aliphatic hydroxyl groups is 1. The highest BCUT2D eigenvalue weighted by atomic mass is 16.3. The molecule has 0 bridgehead atoms. The minimum Gasteiger partial charge on any atom is -0.380 e. The van der Waals surface area contributed by atoms with Gasteiger partial charge >= 0.3 is 0 Å². The molecule has 0 aromatic heterocycles. The van der Waals surface area contributed by atoms with Crippen molar-refractivity contribution in [3.63, 3.8) is 0 Å². The first-order valence-corrected chi connectivity index (χ1v) is 15.3. The van der Waals surface area contributed by atoms with Gasteiger partial charge in [-0.05, 0) is 105 Å². The van der Waals surface area contributed by atoms with Crippen LogP contribution in [0.25, 0.3) is 0 Å². The number of nitrogens with zero attached hydrogens (tertiary/aromatic N) is 1. The van der Waals surface area contributed by atoms with Crippen LogP contribution >= 0.6 is 0 Å². The summed E-state index contributed by atoms with van der Waals surface area (Å²) in [4.78, 5) is 15.0. The Bertz CT molecular complexity index is 821. The first-order valence-electron chi connectivity index (χ1n) is 15.3. The summed E-state index contributed by atoms with van der Waals surface area (Å²) in [6.45, 7) is 13.8. The smallest absolute Gasteiger partial charge is 0.252 e. The first-order chi connectivity index (χ1) is 16.9. The lowest BCUT2D eigenvalue weighted by Crippen LogP contribution is -2.56. The van der Waals surface area contributed by atoms with Gasteiger partial charge in [0.2, 0.25) is 0 Å².